The van der Waals surface area contributed by atoms with E-state index in [2.05, 4.69) is 10.3 Å². The molecule has 0 bridgehead atoms. The van der Waals surface area contributed by atoms with Crippen LogP contribution in [0.25, 0.3) is 10.6 Å². The number of hydrogen-bond donors (Lipinski definition) is 1. The fraction of sp³-hybridized carbons (Fsp3) is 0.0667. The van der Waals surface area contributed by atoms with E-state index in [0.29, 0.717) is 5.13 Å². The summed E-state index contributed by atoms with van der Waals surface area (Å²) in [6.45, 7) is 0. The second kappa shape index (κ2) is 6.13. The fourth-order valence-electron chi connectivity index (χ4n) is 1.85. The summed E-state index contributed by atoms with van der Waals surface area (Å²) >= 11 is 2.80. The minimum Gasteiger partial charge on any atom is -0.298 e. The summed E-state index contributed by atoms with van der Waals surface area (Å²) in [5.74, 6) is -0.495. The maximum atomic E-state index is 12.5. The van der Waals surface area contributed by atoms with Crippen LogP contribution in [0.15, 0.2) is 47.2 Å². The molecule has 1 N–H and O–H groups in total. The van der Waals surface area contributed by atoms with E-state index in [0.717, 1.165) is 34.8 Å². The highest BCUT2D eigenvalue weighted by molar-refractivity contribution is 7.16. The van der Waals surface area contributed by atoms with Gasteiger partial charge in [0.25, 0.3) is 5.91 Å². The first-order valence-electron chi connectivity index (χ1n) is 6.41. The van der Waals surface area contributed by atoms with Crippen molar-refractivity contribution in [2.45, 2.75) is 6.18 Å². The molecule has 0 aliphatic carbocycles. The highest BCUT2D eigenvalue weighted by Crippen LogP contribution is 2.30. The van der Waals surface area contributed by atoms with Crippen LogP contribution in [0.1, 0.15) is 15.9 Å². The average Bonchev–Trinajstić information content (AvgIpc) is 3.17. The number of thiophene rings is 1. The third-order valence-electron chi connectivity index (χ3n) is 2.97. The second-order valence-electron chi connectivity index (χ2n) is 4.54. The lowest BCUT2D eigenvalue weighted by atomic mass is 10.1. The molecule has 0 radical (unpaired) electrons. The van der Waals surface area contributed by atoms with Gasteiger partial charge in [-0.3, -0.25) is 10.1 Å². The quantitative estimate of drug-likeness (QED) is 0.707. The van der Waals surface area contributed by atoms with Gasteiger partial charge in [0.2, 0.25) is 0 Å². The highest BCUT2D eigenvalue weighted by atomic mass is 32.1. The number of benzene rings is 1. The number of anilines is 1. The number of carbonyl (C=O) groups excluding carboxylic acids is 1. The molecule has 1 amide bonds. The first-order chi connectivity index (χ1) is 10.9. The summed E-state index contributed by atoms with van der Waals surface area (Å²) in [5.41, 5.74) is 0.113. The molecule has 8 heteroatoms. The van der Waals surface area contributed by atoms with Crippen LogP contribution in [0.3, 0.4) is 0 Å². The Balaban J connectivity index is 1.72. The predicted octanol–water partition coefficient (Wildman–Crippen LogP) is 5.14. The molecule has 0 atom stereocenters. The van der Waals surface area contributed by atoms with Crippen molar-refractivity contribution in [2.24, 2.45) is 0 Å². The van der Waals surface area contributed by atoms with Crippen molar-refractivity contribution in [3.05, 3.63) is 58.3 Å². The maximum absolute atomic E-state index is 12.5. The first kappa shape index (κ1) is 15.7. The van der Waals surface area contributed by atoms with Crippen LogP contribution in [0, 0.1) is 0 Å². The maximum Gasteiger partial charge on any atom is 0.416 e. The SMILES string of the molecule is O=C(Nc1nc(-c2cccs2)cs1)c1ccc(C(F)(F)F)cc1. The van der Waals surface area contributed by atoms with Crippen LogP contribution in [-0.4, -0.2) is 10.9 Å². The lowest BCUT2D eigenvalue weighted by molar-refractivity contribution is -0.137. The Hall–Kier alpha value is -2.19. The first-order valence-corrected chi connectivity index (χ1v) is 8.17. The summed E-state index contributed by atoms with van der Waals surface area (Å²) in [7, 11) is 0. The number of alkyl halides is 3. The van der Waals surface area contributed by atoms with Crippen LogP contribution in [-0.2, 0) is 6.18 Å². The minimum atomic E-state index is -4.42. The monoisotopic (exact) mass is 354 g/mol. The van der Waals surface area contributed by atoms with Gasteiger partial charge in [0.1, 0.15) is 0 Å². The zero-order valence-corrected chi connectivity index (χ0v) is 13.1. The molecular weight excluding hydrogens is 345 g/mol. The molecule has 2 aromatic heterocycles. The van der Waals surface area contributed by atoms with Crippen molar-refractivity contribution < 1.29 is 18.0 Å². The molecule has 2 heterocycles. The van der Waals surface area contributed by atoms with E-state index in [1.165, 1.54) is 22.7 Å². The average molecular weight is 354 g/mol. The standard InChI is InChI=1S/C15H9F3N2OS2/c16-15(17,18)10-5-3-9(4-6-10)13(21)20-14-19-11(8-23-14)12-2-1-7-22-12/h1-8H,(H,19,20,21). The van der Waals surface area contributed by atoms with Gasteiger partial charge in [-0.2, -0.15) is 13.2 Å². The van der Waals surface area contributed by atoms with E-state index in [9.17, 15) is 18.0 Å². The molecule has 0 aliphatic heterocycles. The van der Waals surface area contributed by atoms with Crippen molar-refractivity contribution >= 4 is 33.7 Å². The Bertz CT molecular complexity index is 808. The largest absolute Gasteiger partial charge is 0.416 e. The van der Waals surface area contributed by atoms with Crippen LogP contribution in [0.5, 0.6) is 0 Å². The van der Waals surface area contributed by atoms with Gasteiger partial charge < -0.3 is 0 Å². The highest BCUT2D eigenvalue weighted by Gasteiger charge is 2.30. The lowest BCUT2D eigenvalue weighted by Crippen LogP contribution is -2.12. The zero-order chi connectivity index (χ0) is 16.4. The van der Waals surface area contributed by atoms with Crippen molar-refractivity contribution in [2.75, 3.05) is 5.32 Å². The minimum absolute atomic E-state index is 0.144. The predicted molar refractivity (Wildman–Crippen MR) is 84.8 cm³/mol. The number of rotatable bonds is 3. The number of halogens is 3. The van der Waals surface area contributed by atoms with E-state index in [-0.39, 0.29) is 5.56 Å². The third kappa shape index (κ3) is 3.59. The molecule has 0 fully saturated rings. The van der Waals surface area contributed by atoms with Crippen LogP contribution in [0.4, 0.5) is 18.3 Å². The van der Waals surface area contributed by atoms with E-state index < -0.39 is 17.6 Å². The fourth-order valence-corrected chi connectivity index (χ4v) is 3.31. The number of nitrogens with one attached hydrogen (secondary N) is 1. The second-order valence-corrected chi connectivity index (χ2v) is 6.35. The number of amides is 1. The molecule has 3 nitrogen and oxygen atoms in total. The van der Waals surface area contributed by atoms with Gasteiger partial charge in [0, 0.05) is 10.9 Å². The number of carbonyl (C=O) groups is 1. The Morgan fingerprint density at radius 3 is 2.43 bits per heavy atom. The van der Waals surface area contributed by atoms with Gasteiger partial charge in [0.05, 0.1) is 16.1 Å². The van der Waals surface area contributed by atoms with Gasteiger partial charge in [-0.1, -0.05) is 6.07 Å². The molecule has 23 heavy (non-hydrogen) atoms. The Kier molecular flexibility index (Phi) is 4.18. The van der Waals surface area contributed by atoms with E-state index >= 15 is 0 Å². The molecule has 0 spiro atoms. The third-order valence-corrected chi connectivity index (χ3v) is 4.62. The van der Waals surface area contributed by atoms with E-state index in [1.807, 2.05) is 22.9 Å². The van der Waals surface area contributed by atoms with Crippen molar-refractivity contribution in [1.82, 2.24) is 4.98 Å². The van der Waals surface area contributed by atoms with Gasteiger partial charge >= 0.3 is 6.18 Å². The van der Waals surface area contributed by atoms with Crippen molar-refractivity contribution in [1.29, 1.82) is 0 Å². The van der Waals surface area contributed by atoms with Crippen molar-refractivity contribution in [3.63, 3.8) is 0 Å². The summed E-state index contributed by atoms with van der Waals surface area (Å²) in [5, 5.41) is 6.73. The van der Waals surface area contributed by atoms with E-state index in [1.54, 1.807) is 0 Å². The number of nitrogens with zero attached hydrogens (tertiary/aromatic N) is 1. The summed E-state index contributed by atoms with van der Waals surface area (Å²) in [4.78, 5) is 17.3. The van der Waals surface area contributed by atoms with Gasteiger partial charge in [-0.15, -0.1) is 22.7 Å². The number of thiazole rings is 1. The van der Waals surface area contributed by atoms with Crippen LogP contribution in [0.2, 0.25) is 0 Å². The van der Waals surface area contributed by atoms with Gasteiger partial charge in [-0.05, 0) is 35.7 Å². The molecule has 0 saturated heterocycles. The topological polar surface area (TPSA) is 42.0 Å². The van der Waals surface area contributed by atoms with Crippen LogP contribution < -0.4 is 5.32 Å². The molecule has 3 rings (SSSR count). The van der Waals surface area contributed by atoms with Gasteiger partial charge in [0.15, 0.2) is 5.13 Å². The number of hydrogen-bond acceptors (Lipinski definition) is 4. The van der Waals surface area contributed by atoms with E-state index in [4.69, 9.17) is 0 Å². The Morgan fingerprint density at radius 2 is 1.83 bits per heavy atom. The molecule has 1 aromatic carbocycles. The molecule has 0 unspecified atom stereocenters. The smallest absolute Gasteiger partial charge is 0.298 e. The normalized spacial score (nSPS) is 11.4. The molecule has 0 aliphatic rings. The number of aromatic nitrogens is 1. The van der Waals surface area contributed by atoms with Gasteiger partial charge in [-0.25, -0.2) is 4.98 Å². The lowest BCUT2D eigenvalue weighted by Gasteiger charge is -2.07. The Labute approximate surface area is 137 Å². The summed E-state index contributed by atoms with van der Waals surface area (Å²) in [6, 6.07) is 7.88. The zero-order valence-electron chi connectivity index (χ0n) is 11.4. The Morgan fingerprint density at radius 1 is 1.09 bits per heavy atom. The van der Waals surface area contributed by atoms with Crippen LogP contribution >= 0.6 is 22.7 Å². The summed E-state index contributed by atoms with van der Waals surface area (Å²) < 4.78 is 37.5. The molecule has 3 aromatic rings. The molecule has 0 saturated carbocycles. The van der Waals surface area contributed by atoms with Crippen molar-refractivity contribution in [3.8, 4) is 10.6 Å². The summed E-state index contributed by atoms with van der Waals surface area (Å²) in [6.07, 6.45) is -4.42. The molecular formula is C15H9F3N2OS2. The molecule has 118 valence electrons.